The van der Waals surface area contributed by atoms with Gasteiger partial charge < -0.3 is 20.7 Å². The van der Waals surface area contributed by atoms with Crippen LogP contribution in [0.3, 0.4) is 0 Å². The van der Waals surface area contributed by atoms with Crippen molar-refractivity contribution < 1.29 is 9.53 Å². The second kappa shape index (κ2) is 11.2. The minimum atomic E-state index is -0.460. The van der Waals surface area contributed by atoms with E-state index in [1.54, 1.807) is 12.1 Å². The molecule has 0 spiro atoms. The van der Waals surface area contributed by atoms with Gasteiger partial charge in [0.05, 0.1) is 31.5 Å². The number of amides is 1. The highest BCUT2D eigenvalue weighted by Crippen LogP contribution is 2.24. The number of hydrogen-bond donors (Lipinski definition) is 3. The first kappa shape index (κ1) is 24.5. The van der Waals surface area contributed by atoms with Crippen molar-refractivity contribution in [1.29, 1.82) is 5.41 Å². The minimum absolute atomic E-state index is 0.0653. The number of hydrogen-bond acceptors (Lipinski definition) is 7. The Balaban J connectivity index is 1.38. The number of ether oxygens (including phenoxy) is 1. The molecule has 4 rings (SSSR count). The number of aliphatic imine (C=N–C) groups is 1. The summed E-state index contributed by atoms with van der Waals surface area (Å²) >= 11 is 12.5. The molecule has 0 radical (unpaired) electrons. The number of rotatable bonds is 7. The summed E-state index contributed by atoms with van der Waals surface area (Å²) in [5.41, 5.74) is 8.71. The van der Waals surface area contributed by atoms with Crippen molar-refractivity contribution in [2.24, 2.45) is 10.7 Å². The molecule has 2 aliphatic heterocycles. The van der Waals surface area contributed by atoms with Crippen molar-refractivity contribution in [1.82, 2.24) is 4.90 Å². The second-order valence-electron chi connectivity index (χ2n) is 8.31. The van der Waals surface area contributed by atoms with E-state index in [0.29, 0.717) is 54.4 Å². The minimum Gasteiger partial charge on any atom is -0.386 e. The Labute approximate surface area is 209 Å². The first-order valence-electron chi connectivity index (χ1n) is 11.2. The Morgan fingerprint density at radius 3 is 2.62 bits per heavy atom. The zero-order valence-corrected chi connectivity index (χ0v) is 20.3. The number of nitrogens with two attached hydrogens (primary N) is 1. The number of morpholine rings is 1. The van der Waals surface area contributed by atoms with Crippen molar-refractivity contribution in [3.8, 4) is 0 Å². The lowest BCUT2D eigenvalue weighted by atomic mass is 10.0. The molecule has 2 aromatic carbocycles. The number of carbonyl (C=O) groups is 1. The van der Waals surface area contributed by atoms with Gasteiger partial charge in [-0.25, -0.2) is 0 Å². The fourth-order valence-electron chi connectivity index (χ4n) is 4.13. The van der Waals surface area contributed by atoms with Crippen LogP contribution in [0.25, 0.3) is 0 Å². The Morgan fingerprint density at radius 1 is 1.15 bits per heavy atom. The van der Waals surface area contributed by atoms with Gasteiger partial charge in [-0.2, -0.15) is 0 Å². The highest BCUT2D eigenvalue weighted by Gasteiger charge is 2.29. The molecule has 10 heteroatoms. The molecule has 0 bridgehead atoms. The maximum atomic E-state index is 12.7. The summed E-state index contributed by atoms with van der Waals surface area (Å²) in [6.45, 7) is 4.81. The van der Waals surface area contributed by atoms with Gasteiger partial charge in [-0.1, -0.05) is 23.2 Å². The van der Waals surface area contributed by atoms with Crippen LogP contribution in [0.2, 0.25) is 10.0 Å². The van der Waals surface area contributed by atoms with Gasteiger partial charge in [0.2, 0.25) is 0 Å². The van der Waals surface area contributed by atoms with Gasteiger partial charge >= 0.3 is 0 Å². The van der Waals surface area contributed by atoms with E-state index in [1.807, 2.05) is 30.3 Å². The monoisotopic (exact) mass is 502 g/mol. The zero-order valence-electron chi connectivity index (χ0n) is 18.8. The van der Waals surface area contributed by atoms with Crippen molar-refractivity contribution in [2.75, 3.05) is 49.6 Å². The number of nitrogens with zero attached hydrogens (tertiary/aromatic N) is 3. The summed E-state index contributed by atoms with van der Waals surface area (Å²) in [6, 6.07) is 12.6. The average Bonchev–Trinajstić information content (AvgIpc) is 2.84. The van der Waals surface area contributed by atoms with Crippen molar-refractivity contribution in [3.05, 3.63) is 58.1 Å². The molecule has 2 aliphatic rings. The Morgan fingerprint density at radius 2 is 1.88 bits per heavy atom. The van der Waals surface area contributed by atoms with Crippen molar-refractivity contribution in [2.45, 2.75) is 19.0 Å². The van der Waals surface area contributed by atoms with Gasteiger partial charge in [-0.05, 0) is 48.0 Å². The summed E-state index contributed by atoms with van der Waals surface area (Å²) in [6.07, 6.45) is 0.144. The molecular formula is C24H28Cl2N6O2. The molecular weight excluding hydrogens is 475 g/mol. The molecule has 0 aromatic heterocycles. The van der Waals surface area contributed by atoms with Gasteiger partial charge in [-0.15, -0.1) is 0 Å². The molecule has 1 fully saturated rings. The number of halogens is 2. The van der Waals surface area contributed by atoms with Crippen LogP contribution in [-0.4, -0.2) is 67.8 Å². The number of carbonyl (C=O) groups excluding carboxylic acids is 1. The SMILES string of the molecule is N=C(CC1C(N)=NCCN1Cc1cc(Cl)ccc1Cl)C(=O)Nc1ccc(N2CCOCC2)cc1. The molecule has 180 valence electrons. The van der Waals surface area contributed by atoms with Crippen LogP contribution in [-0.2, 0) is 16.1 Å². The van der Waals surface area contributed by atoms with Crippen molar-refractivity contribution >= 4 is 52.0 Å². The summed E-state index contributed by atoms with van der Waals surface area (Å²) in [5, 5.41) is 12.4. The lowest BCUT2D eigenvalue weighted by molar-refractivity contribution is -0.110. The molecule has 1 saturated heterocycles. The smallest absolute Gasteiger partial charge is 0.269 e. The fraction of sp³-hybridized carbons (Fsp3) is 0.375. The Kier molecular flexibility index (Phi) is 8.05. The Hall–Kier alpha value is -2.65. The van der Waals surface area contributed by atoms with E-state index in [2.05, 4.69) is 20.1 Å². The summed E-state index contributed by atoms with van der Waals surface area (Å²) < 4.78 is 5.39. The van der Waals surface area contributed by atoms with E-state index in [1.165, 1.54) is 0 Å². The van der Waals surface area contributed by atoms with Crippen LogP contribution in [0, 0.1) is 5.41 Å². The quantitative estimate of drug-likeness (QED) is 0.502. The largest absolute Gasteiger partial charge is 0.386 e. The lowest BCUT2D eigenvalue weighted by Gasteiger charge is -2.34. The normalized spacial score (nSPS) is 18.9. The van der Waals surface area contributed by atoms with E-state index in [-0.39, 0.29) is 18.2 Å². The van der Waals surface area contributed by atoms with E-state index in [9.17, 15) is 4.79 Å². The molecule has 1 unspecified atom stereocenters. The van der Waals surface area contributed by atoms with Crippen molar-refractivity contribution in [3.63, 3.8) is 0 Å². The fourth-order valence-corrected chi connectivity index (χ4v) is 4.50. The maximum Gasteiger partial charge on any atom is 0.269 e. The van der Waals surface area contributed by atoms with Crippen LogP contribution < -0.4 is 16.0 Å². The van der Waals surface area contributed by atoms with E-state index in [0.717, 1.165) is 24.3 Å². The zero-order chi connectivity index (χ0) is 24.1. The van der Waals surface area contributed by atoms with Gasteiger partial charge in [-0.3, -0.25) is 20.1 Å². The predicted molar refractivity (Wildman–Crippen MR) is 138 cm³/mol. The highest BCUT2D eigenvalue weighted by atomic mass is 35.5. The van der Waals surface area contributed by atoms with Crippen LogP contribution >= 0.6 is 23.2 Å². The van der Waals surface area contributed by atoms with Crippen LogP contribution in [0.15, 0.2) is 47.5 Å². The van der Waals surface area contributed by atoms with Crippen LogP contribution in [0.1, 0.15) is 12.0 Å². The maximum absolute atomic E-state index is 12.7. The second-order valence-corrected chi connectivity index (χ2v) is 9.16. The number of anilines is 2. The predicted octanol–water partition coefficient (Wildman–Crippen LogP) is 3.42. The average molecular weight is 503 g/mol. The molecule has 34 heavy (non-hydrogen) atoms. The molecule has 8 nitrogen and oxygen atoms in total. The highest BCUT2D eigenvalue weighted by molar-refractivity contribution is 6.42. The molecule has 0 saturated carbocycles. The van der Waals surface area contributed by atoms with E-state index >= 15 is 0 Å². The van der Waals surface area contributed by atoms with Gasteiger partial charge in [0.1, 0.15) is 5.84 Å². The first-order valence-corrected chi connectivity index (χ1v) is 12.0. The summed E-state index contributed by atoms with van der Waals surface area (Å²) in [5.74, 6) is -0.0463. The number of benzene rings is 2. The molecule has 2 heterocycles. The first-order chi connectivity index (χ1) is 16.4. The number of nitrogens with one attached hydrogen (secondary N) is 2. The van der Waals surface area contributed by atoms with E-state index < -0.39 is 5.91 Å². The molecule has 1 amide bonds. The number of amidine groups is 1. The third-order valence-corrected chi connectivity index (χ3v) is 6.62. The standard InChI is InChI=1S/C24H28Cl2N6O2/c25-17-1-6-20(26)16(13-17)15-32-8-7-29-23(28)22(32)14-21(27)24(33)30-18-2-4-19(5-3-18)31-9-11-34-12-10-31/h1-6,13,22,27H,7-12,14-15H2,(H2,28,29)(H,30,33). The van der Waals surface area contributed by atoms with Gasteiger partial charge in [0.15, 0.2) is 0 Å². The molecule has 4 N–H and O–H groups in total. The lowest BCUT2D eigenvalue weighted by Crippen LogP contribution is -2.50. The molecule has 0 aliphatic carbocycles. The van der Waals surface area contributed by atoms with Crippen LogP contribution in [0.5, 0.6) is 0 Å². The summed E-state index contributed by atoms with van der Waals surface area (Å²) in [7, 11) is 0. The van der Waals surface area contributed by atoms with E-state index in [4.69, 9.17) is 39.1 Å². The molecule has 1 atom stereocenters. The topological polar surface area (TPSA) is 107 Å². The molecule has 2 aromatic rings. The summed E-state index contributed by atoms with van der Waals surface area (Å²) in [4.78, 5) is 21.4. The third-order valence-electron chi connectivity index (χ3n) is 6.02. The van der Waals surface area contributed by atoms with Gasteiger partial charge in [0.25, 0.3) is 5.91 Å². The Bertz CT molecular complexity index is 1070. The van der Waals surface area contributed by atoms with Gasteiger partial charge in [0, 0.05) is 54.0 Å². The van der Waals surface area contributed by atoms with Crippen LogP contribution in [0.4, 0.5) is 11.4 Å². The third kappa shape index (κ3) is 6.07.